The fraction of sp³-hybridized carbons (Fsp3) is 0.150. The summed E-state index contributed by atoms with van der Waals surface area (Å²) in [5.41, 5.74) is 3.77. The second kappa shape index (κ2) is 7.65. The number of benzene rings is 2. The third kappa shape index (κ3) is 4.16. The highest BCUT2D eigenvalue weighted by molar-refractivity contribution is 5.98. The van der Waals surface area contributed by atoms with E-state index in [9.17, 15) is 9.59 Å². The van der Waals surface area contributed by atoms with Crippen LogP contribution in [0.3, 0.4) is 0 Å². The van der Waals surface area contributed by atoms with Crippen molar-refractivity contribution in [3.63, 3.8) is 0 Å². The Labute approximate surface area is 151 Å². The van der Waals surface area contributed by atoms with E-state index in [1.165, 1.54) is 4.90 Å². The van der Waals surface area contributed by atoms with Crippen molar-refractivity contribution in [2.45, 2.75) is 6.92 Å². The van der Waals surface area contributed by atoms with Crippen molar-refractivity contribution < 1.29 is 9.59 Å². The Morgan fingerprint density at radius 1 is 1.08 bits per heavy atom. The molecule has 0 aliphatic heterocycles. The first-order valence-electron chi connectivity index (χ1n) is 8.26. The van der Waals surface area contributed by atoms with E-state index in [-0.39, 0.29) is 18.4 Å². The van der Waals surface area contributed by atoms with Crippen molar-refractivity contribution in [2.75, 3.05) is 18.9 Å². The number of hydrogen-bond acceptors (Lipinski definition) is 3. The van der Waals surface area contributed by atoms with Gasteiger partial charge in [-0.2, -0.15) is 5.10 Å². The molecule has 0 aliphatic rings. The molecular weight excluding hydrogens is 328 g/mol. The molecule has 1 heterocycles. The van der Waals surface area contributed by atoms with E-state index >= 15 is 0 Å². The highest BCUT2D eigenvalue weighted by Gasteiger charge is 2.18. The maximum atomic E-state index is 12.5. The number of likely N-dealkylation sites (N-methyl/N-ethyl adjacent to an activating group) is 1. The lowest BCUT2D eigenvalue weighted by Gasteiger charge is -2.15. The Hall–Kier alpha value is -3.41. The molecule has 3 aromatic rings. The quantitative estimate of drug-likeness (QED) is 0.744. The van der Waals surface area contributed by atoms with Gasteiger partial charge in [-0.05, 0) is 25.1 Å². The van der Waals surface area contributed by atoms with Gasteiger partial charge in [0.1, 0.15) is 5.69 Å². The smallest absolute Gasteiger partial charge is 0.272 e. The van der Waals surface area contributed by atoms with Gasteiger partial charge in [-0.1, -0.05) is 48.0 Å². The van der Waals surface area contributed by atoms with Gasteiger partial charge in [0, 0.05) is 18.3 Å². The Bertz CT molecular complexity index is 901. The van der Waals surface area contributed by atoms with Crippen LogP contribution in [0.2, 0.25) is 0 Å². The van der Waals surface area contributed by atoms with Crippen LogP contribution in [0.15, 0.2) is 60.7 Å². The first kappa shape index (κ1) is 17.4. The minimum Gasteiger partial charge on any atom is -0.331 e. The largest absolute Gasteiger partial charge is 0.331 e. The molecule has 1 aromatic heterocycles. The lowest BCUT2D eigenvalue weighted by atomic mass is 10.1. The van der Waals surface area contributed by atoms with Crippen LogP contribution in [0.25, 0.3) is 11.3 Å². The molecule has 0 fully saturated rings. The number of rotatable bonds is 5. The highest BCUT2D eigenvalue weighted by atomic mass is 16.2. The first-order valence-corrected chi connectivity index (χ1v) is 8.26. The number of amides is 2. The van der Waals surface area contributed by atoms with Crippen molar-refractivity contribution in [2.24, 2.45) is 0 Å². The van der Waals surface area contributed by atoms with Gasteiger partial charge < -0.3 is 10.2 Å². The predicted molar refractivity (Wildman–Crippen MR) is 101 cm³/mol. The molecule has 0 aliphatic carbocycles. The molecule has 0 spiro atoms. The van der Waals surface area contributed by atoms with Crippen LogP contribution in [0, 0.1) is 6.92 Å². The summed E-state index contributed by atoms with van der Waals surface area (Å²) in [6, 6.07) is 18.8. The monoisotopic (exact) mass is 348 g/mol. The average Bonchev–Trinajstić information content (AvgIpc) is 3.14. The van der Waals surface area contributed by atoms with Gasteiger partial charge in [-0.3, -0.25) is 14.7 Å². The van der Waals surface area contributed by atoms with Crippen LogP contribution in [0.4, 0.5) is 5.69 Å². The number of aryl methyl sites for hydroxylation is 1. The minimum atomic E-state index is -0.293. The van der Waals surface area contributed by atoms with Gasteiger partial charge in [0.2, 0.25) is 5.91 Å². The maximum Gasteiger partial charge on any atom is 0.272 e. The van der Waals surface area contributed by atoms with E-state index in [2.05, 4.69) is 15.5 Å². The molecule has 132 valence electrons. The number of nitrogens with zero attached hydrogens (tertiary/aromatic N) is 2. The molecule has 0 saturated heterocycles. The van der Waals surface area contributed by atoms with Gasteiger partial charge >= 0.3 is 0 Å². The number of hydrogen-bond donors (Lipinski definition) is 2. The maximum absolute atomic E-state index is 12.5. The fourth-order valence-corrected chi connectivity index (χ4v) is 2.52. The summed E-state index contributed by atoms with van der Waals surface area (Å²) < 4.78 is 0. The molecule has 0 atom stereocenters. The highest BCUT2D eigenvalue weighted by Crippen LogP contribution is 2.17. The summed E-state index contributed by atoms with van der Waals surface area (Å²) in [5, 5.41) is 9.69. The third-order valence-corrected chi connectivity index (χ3v) is 3.94. The van der Waals surface area contributed by atoms with Crippen LogP contribution in [0.5, 0.6) is 0 Å². The molecule has 0 bridgehead atoms. The predicted octanol–water partition coefficient (Wildman–Crippen LogP) is 3.10. The topological polar surface area (TPSA) is 78.1 Å². The molecule has 2 amide bonds. The molecular formula is C20H20N4O2. The van der Waals surface area contributed by atoms with Gasteiger partial charge in [0.15, 0.2) is 0 Å². The van der Waals surface area contributed by atoms with Crippen molar-refractivity contribution in [3.8, 4) is 11.3 Å². The number of aromatic amines is 1. The second-order valence-corrected chi connectivity index (χ2v) is 6.11. The van der Waals surface area contributed by atoms with E-state index in [4.69, 9.17) is 0 Å². The standard InChI is InChI=1S/C20H20N4O2/c1-14-8-10-16(11-9-14)21-19(25)13-24(2)20(26)18-12-17(22-23-18)15-6-4-3-5-7-15/h3-12H,13H2,1-2H3,(H,21,25)(H,22,23). The zero-order valence-corrected chi connectivity index (χ0v) is 14.7. The van der Waals surface area contributed by atoms with E-state index in [0.29, 0.717) is 17.1 Å². The molecule has 0 radical (unpaired) electrons. The zero-order chi connectivity index (χ0) is 18.5. The molecule has 3 rings (SSSR count). The van der Waals surface area contributed by atoms with E-state index in [0.717, 1.165) is 11.1 Å². The molecule has 2 N–H and O–H groups in total. The average molecular weight is 348 g/mol. The lowest BCUT2D eigenvalue weighted by Crippen LogP contribution is -2.35. The number of aromatic nitrogens is 2. The summed E-state index contributed by atoms with van der Waals surface area (Å²) in [6.07, 6.45) is 0. The number of carbonyl (C=O) groups excluding carboxylic acids is 2. The second-order valence-electron chi connectivity index (χ2n) is 6.11. The minimum absolute atomic E-state index is 0.0492. The van der Waals surface area contributed by atoms with E-state index in [1.54, 1.807) is 13.1 Å². The number of H-pyrrole nitrogens is 1. The molecule has 2 aromatic carbocycles. The number of anilines is 1. The van der Waals surface area contributed by atoms with Crippen LogP contribution < -0.4 is 5.32 Å². The Balaban J connectivity index is 1.61. The Morgan fingerprint density at radius 2 is 1.77 bits per heavy atom. The summed E-state index contributed by atoms with van der Waals surface area (Å²) >= 11 is 0. The van der Waals surface area contributed by atoms with Gasteiger partial charge in [0.25, 0.3) is 5.91 Å². The Morgan fingerprint density at radius 3 is 2.46 bits per heavy atom. The zero-order valence-electron chi connectivity index (χ0n) is 14.7. The van der Waals surface area contributed by atoms with Crippen LogP contribution in [-0.4, -0.2) is 40.5 Å². The molecule has 0 saturated carbocycles. The summed E-state index contributed by atoms with van der Waals surface area (Å²) in [5.74, 6) is -0.550. The number of carbonyl (C=O) groups is 2. The molecule has 26 heavy (non-hydrogen) atoms. The van der Waals surface area contributed by atoms with Gasteiger partial charge in [-0.25, -0.2) is 0 Å². The van der Waals surface area contributed by atoms with Crippen LogP contribution in [0.1, 0.15) is 16.1 Å². The fourth-order valence-electron chi connectivity index (χ4n) is 2.52. The van der Waals surface area contributed by atoms with Gasteiger partial charge in [0.05, 0.1) is 12.2 Å². The summed E-state index contributed by atoms with van der Waals surface area (Å²) in [4.78, 5) is 26.0. The van der Waals surface area contributed by atoms with Crippen LogP contribution >= 0.6 is 0 Å². The van der Waals surface area contributed by atoms with E-state index < -0.39 is 0 Å². The van der Waals surface area contributed by atoms with Crippen molar-refractivity contribution in [1.82, 2.24) is 15.1 Å². The third-order valence-electron chi connectivity index (χ3n) is 3.94. The first-order chi connectivity index (χ1) is 12.5. The Kier molecular flexibility index (Phi) is 5.12. The van der Waals surface area contributed by atoms with Crippen molar-refractivity contribution in [1.29, 1.82) is 0 Å². The number of nitrogens with one attached hydrogen (secondary N) is 2. The summed E-state index contributed by atoms with van der Waals surface area (Å²) in [6.45, 7) is 1.93. The van der Waals surface area contributed by atoms with Crippen LogP contribution in [-0.2, 0) is 4.79 Å². The molecule has 6 nitrogen and oxygen atoms in total. The van der Waals surface area contributed by atoms with Crippen molar-refractivity contribution in [3.05, 3.63) is 71.9 Å². The van der Waals surface area contributed by atoms with E-state index in [1.807, 2.05) is 61.5 Å². The van der Waals surface area contributed by atoms with Crippen molar-refractivity contribution >= 4 is 17.5 Å². The normalized spacial score (nSPS) is 10.4. The SMILES string of the molecule is Cc1ccc(NC(=O)CN(C)C(=O)c2cc(-c3ccccc3)n[nH]2)cc1. The summed E-state index contributed by atoms with van der Waals surface area (Å²) in [7, 11) is 1.58. The molecule has 6 heteroatoms. The lowest BCUT2D eigenvalue weighted by molar-refractivity contribution is -0.116. The van der Waals surface area contributed by atoms with Gasteiger partial charge in [-0.15, -0.1) is 0 Å². The molecule has 0 unspecified atom stereocenters.